The van der Waals surface area contributed by atoms with E-state index in [1.165, 1.54) is 38.5 Å². The van der Waals surface area contributed by atoms with Crippen LogP contribution in [0.3, 0.4) is 0 Å². The van der Waals surface area contributed by atoms with Gasteiger partial charge in [0.25, 0.3) is 0 Å². The highest BCUT2D eigenvalue weighted by atomic mass is 16.5. The Kier molecular flexibility index (Phi) is 4.32. The summed E-state index contributed by atoms with van der Waals surface area (Å²) in [5, 5.41) is 6.71. The van der Waals surface area contributed by atoms with Gasteiger partial charge in [-0.1, -0.05) is 12.8 Å². The molecule has 2 aliphatic carbocycles. The molecule has 0 bridgehead atoms. The van der Waals surface area contributed by atoms with Crippen LogP contribution in [-0.2, 0) is 9.53 Å². The van der Waals surface area contributed by atoms with Crippen molar-refractivity contribution in [3.63, 3.8) is 0 Å². The van der Waals surface area contributed by atoms with Crippen LogP contribution in [0.25, 0.3) is 0 Å². The summed E-state index contributed by atoms with van der Waals surface area (Å²) in [7, 11) is 1.76. The Morgan fingerprint density at radius 3 is 2.70 bits per heavy atom. The molecule has 1 heterocycles. The molecule has 0 aromatic rings. The zero-order valence-electron chi connectivity index (χ0n) is 12.6. The minimum absolute atomic E-state index is 0.0170. The minimum atomic E-state index is -0.0717. The molecule has 2 saturated carbocycles. The lowest BCUT2D eigenvalue weighted by atomic mass is 9.77. The maximum Gasteiger partial charge on any atom is 0.237 e. The highest BCUT2D eigenvalue weighted by molar-refractivity contribution is 5.82. The van der Waals surface area contributed by atoms with Crippen molar-refractivity contribution in [1.29, 1.82) is 0 Å². The Morgan fingerprint density at radius 2 is 2.00 bits per heavy atom. The molecule has 4 heteroatoms. The van der Waals surface area contributed by atoms with Crippen molar-refractivity contribution in [2.24, 2.45) is 5.92 Å². The van der Waals surface area contributed by atoms with Gasteiger partial charge in [0, 0.05) is 19.7 Å². The van der Waals surface area contributed by atoms with Crippen LogP contribution in [0.1, 0.15) is 57.8 Å². The largest absolute Gasteiger partial charge is 0.376 e. The highest BCUT2D eigenvalue weighted by Gasteiger charge is 2.39. The second-order valence-corrected chi connectivity index (χ2v) is 6.91. The summed E-state index contributed by atoms with van der Waals surface area (Å²) < 4.78 is 5.56. The van der Waals surface area contributed by atoms with Crippen LogP contribution >= 0.6 is 0 Å². The second-order valence-electron chi connectivity index (χ2n) is 6.91. The van der Waals surface area contributed by atoms with Crippen molar-refractivity contribution in [3.05, 3.63) is 0 Å². The Balaban J connectivity index is 1.47. The zero-order chi connectivity index (χ0) is 14.0. The van der Waals surface area contributed by atoms with Crippen LogP contribution in [0.5, 0.6) is 0 Å². The summed E-state index contributed by atoms with van der Waals surface area (Å²) >= 11 is 0. The van der Waals surface area contributed by atoms with E-state index in [0.29, 0.717) is 12.6 Å². The fraction of sp³-hybridized carbons (Fsp3) is 0.938. The number of carbonyl (C=O) groups is 1. The molecule has 3 fully saturated rings. The molecule has 4 nitrogen and oxygen atoms in total. The lowest BCUT2D eigenvalue weighted by Crippen LogP contribution is -2.57. The number of methoxy groups -OCH3 is 1. The van der Waals surface area contributed by atoms with Crippen LogP contribution in [0.15, 0.2) is 0 Å². The van der Waals surface area contributed by atoms with Crippen molar-refractivity contribution in [2.45, 2.75) is 75.5 Å². The van der Waals surface area contributed by atoms with Crippen LogP contribution in [-0.4, -0.2) is 37.2 Å². The van der Waals surface area contributed by atoms with Crippen molar-refractivity contribution in [2.75, 3.05) is 13.7 Å². The van der Waals surface area contributed by atoms with Gasteiger partial charge in [0.1, 0.15) is 0 Å². The lowest BCUT2D eigenvalue weighted by Gasteiger charge is -2.42. The number of hydrogen-bond acceptors (Lipinski definition) is 3. The third kappa shape index (κ3) is 2.86. The molecule has 0 spiro atoms. The Bertz CT molecular complexity index is 349. The summed E-state index contributed by atoms with van der Waals surface area (Å²) in [4.78, 5) is 12.3. The van der Waals surface area contributed by atoms with Gasteiger partial charge in [-0.15, -0.1) is 0 Å². The van der Waals surface area contributed by atoms with Crippen molar-refractivity contribution < 1.29 is 9.53 Å². The zero-order valence-corrected chi connectivity index (χ0v) is 12.6. The summed E-state index contributed by atoms with van der Waals surface area (Å²) in [6.45, 7) is 0.675. The number of nitrogens with one attached hydrogen (secondary N) is 2. The summed E-state index contributed by atoms with van der Waals surface area (Å²) in [5.41, 5.74) is -0.0717. The second kappa shape index (κ2) is 6.02. The van der Waals surface area contributed by atoms with Gasteiger partial charge in [-0.3, -0.25) is 4.79 Å². The normalized spacial score (nSPS) is 35.8. The first-order chi connectivity index (χ1) is 9.72. The molecule has 1 aliphatic heterocycles. The Morgan fingerprint density at radius 1 is 1.20 bits per heavy atom. The quantitative estimate of drug-likeness (QED) is 0.828. The first-order valence-corrected chi connectivity index (χ1v) is 8.31. The first-order valence-electron chi connectivity index (χ1n) is 8.31. The summed E-state index contributed by atoms with van der Waals surface area (Å²) in [5.74, 6) is 0.988. The van der Waals surface area contributed by atoms with E-state index in [0.717, 1.165) is 25.2 Å². The van der Waals surface area contributed by atoms with Crippen molar-refractivity contribution >= 4 is 5.91 Å². The molecule has 3 atom stereocenters. The predicted molar refractivity (Wildman–Crippen MR) is 78.5 cm³/mol. The summed E-state index contributed by atoms with van der Waals surface area (Å²) in [6, 6.07) is 0.594. The topological polar surface area (TPSA) is 50.4 Å². The average Bonchev–Trinajstić information content (AvgIpc) is 2.46. The van der Waals surface area contributed by atoms with E-state index in [1.807, 2.05) is 0 Å². The maximum absolute atomic E-state index is 12.3. The highest BCUT2D eigenvalue weighted by Crippen LogP contribution is 2.35. The van der Waals surface area contributed by atoms with Gasteiger partial charge in [-0.05, 0) is 50.9 Å². The third-order valence-corrected chi connectivity index (χ3v) is 5.75. The fourth-order valence-electron chi connectivity index (χ4n) is 4.10. The van der Waals surface area contributed by atoms with Crippen molar-refractivity contribution in [1.82, 2.24) is 10.6 Å². The molecular weight excluding hydrogens is 252 g/mol. The average molecular weight is 280 g/mol. The molecule has 114 valence electrons. The molecule has 1 saturated heterocycles. The standard InChI is InChI=1S/C16H28N2O2/c1-20-16(9-4-10-16)11-17-15(19)14-8-7-12-5-2-3-6-13(12)18-14/h12-14,18H,2-11H2,1H3,(H,17,19). The van der Waals surface area contributed by atoms with E-state index in [1.54, 1.807) is 7.11 Å². The molecule has 0 aromatic carbocycles. The number of ether oxygens (including phenoxy) is 1. The lowest BCUT2D eigenvalue weighted by molar-refractivity contribution is -0.128. The molecule has 0 radical (unpaired) electrons. The fourth-order valence-corrected chi connectivity index (χ4v) is 4.10. The molecule has 3 rings (SSSR count). The van der Waals surface area contributed by atoms with Crippen LogP contribution in [0, 0.1) is 5.92 Å². The van der Waals surface area contributed by atoms with E-state index in [4.69, 9.17) is 4.74 Å². The van der Waals surface area contributed by atoms with E-state index >= 15 is 0 Å². The van der Waals surface area contributed by atoms with Gasteiger partial charge in [-0.2, -0.15) is 0 Å². The maximum atomic E-state index is 12.3. The van der Waals surface area contributed by atoms with Crippen LogP contribution in [0.4, 0.5) is 0 Å². The van der Waals surface area contributed by atoms with Crippen LogP contribution in [0.2, 0.25) is 0 Å². The van der Waals surface area contributed by atoms with Gasteiger partial charge < -0.3 is 15.4 Å². The molecule has 3 unspecified atom stereocenters. The smallest absolute Gasteiger partial charge is 0.237 e. The van der Waals surface area contributed by atoms with E-state index < -0.39 is 0 Å². The van der Waals surface area contributed by atoms with Gasteiger partial charge in [0.15, 0.2) is 0 Å². The van der Waals surface area contributed by atoms with Crippen LogP contribution < -0.4 is 10.6 Å². The number of amides is 1. The third-order valence-electron chi connectivity index (χ3n) is 5.75. The Labute approximate surface area is 122 Å². The number of fused-ring (bicyclic) bond motifs is 1. The van der Waals surface area contributed by atoms with E-state index in [2.05, 4.69) is 10.6 Å². The molecule has 2 N–H and O–H groups in total. The molecule has 1 amide bonds. The number of hydrogen-bond donors (Lipinski definition) is 2. The van der Waals surface area contributed by atoms with Crippen molar-refractivity contribution in [3.8, 4) is 0 Å². The van der Waals surface area contributed by atoms with Gasteiger partial charge in [0.05, 0.1) is 11.6 Å². The molecule has 3 aliphatic rings. The number of carbonyl (C=O) groups excluding carboxylic acids is 1. The molecule has 20 heavy (non-hydrogen) atoms. The Hall–Kier alpha value is -0.610. The SMILES string of the molecule is COC1(CNC(=O)C2CCC3CCCCC3N2)CCC1. The summed E-state index contributed by atoms with van der Waals surface area (Å²) in [6.07, 6.45) is 10.9. The molecular formula is C16H28N2O2. The van der Waals surface area contributed by atoms with E-state index in [-0.39, 0.29) is 17.6 Å². The van der Waals surface area contributed by atoms with Gasteiger partial charge in [-0.25, -0.2) is 0 Å². The molecule has 0 aromatic heterocycles. The van der Waals surface area contributed by atoms with Gasteiger partial charge in [0.2, 0.25) is 5.91 Å². The van der Waals surface area contributed by atoms with Gasteiger partial charge >= 0.3 is 0 Å². The first kappa shape index (κ1) is 14.3. The number of rotatable bonds is 4. The number of piperidine rings is 1. The predicted octanol–water partition coefficient (Wildman–Crippen LogP) is 1.98. The monoisotopic (exact) mass is 280 g/mol. The van der Waals surface area contributed by atoms with E-state index in [9.17, 15) is 4.79 Å². The minimum Gasteiger partial charge on any atom is -0.376 e.